The number of hydrogen-bond acceptors (Lipinski definition) is 3. The number of methoxy groups -OCH3 is 1. The molecule has 3 aromatic rings. The third-order valence-electron chi connectivity index (χ3n) is 4.37. The van der Waals surface area contributed by atoms with Gasteiger partial charge in [0.05, 0.1) is 12.7 Å². The van der Waals surface area contributed by atoms with E-state index in [1.807, 2.05) is 55.5 Å². The zero-order valence-corrected chi connectivity index (χ0v) is 16.8. The van der Waals surface area contributed by atoms with E-state index in [1.54, 1.807) is 10.8 Å². The van der Waals surface area contributed by atoms with E-state index >= 15 is 0 Å². The van der Waals surface area contributed by atoms with Gasteiger partial charge in [0, 0.05) is 27.6 Å². The second-order valence-corrected chi connectivity index (χ2v) is 7.39. The number of esters is 1. The fourth-order valence-electron chi connectivity index (χ4n) is 3.15. The number of halogens is 1. The lowest BCUT2D eigenvalue weighted by atomic mass is 10.1. The quantitative estimate of drug-likeness (QED) is 0.604. The second kappa shape index (κ2) is 8.39. The maximum absolute atomic E-state index is 12.5. The van der Waals surface area contributed by atoms with Crippen molar-refractivity contribution in [3.8, 4) is 0 Å². The van der Waals surface area contributed by atoms with Gasteiger partial charge in [0.25, 0.3) is 0 Å². The van der Waals surface area contributed by atoms with Crippen LogP contribution in [-0.2, 0) is 22.5 Å². The molecular weight excluding hydrogens is 408 g/mol. The first-order chi connectivity index (χ1) is 13.0. The molecule has 0 aliphatic heterocycles. The van der Waals surface area contributed by atoms with Crippen LogP contribution in [0, 0.1) is 0 Å². The molecule has 140 valence electrons. The van der Waals surface area contributed by atoms with E-state index in [-0.39, 0.29) is 18.5 Å². The molecule has 0 radical (unpaired) electrons. The molecule has 1 amide bonds. The maximum atomic E-state index is 12.5. The van der Waals surface area contributed by atoms with Gasteiger partial charge >= 0.3 is 5.97 Å². The van der Waals surface area contributed by atoms with Gasteiger partial charge in [-0.3, -0.25) is 4.79 Å². The molecule has 0 saturated carbocycles. The van der Waals surface area contributed by atoms with Crippen molar-refractivity contribution in [2.45, 2.75) is 25.9 Å². The van der Waals surface area contributed by atoms with E-state index in [9.17, 15) is 9.59 Å². The average molecular weight is 429 g/mol. The van der Waals surface area contributed by atoms with Gasteiger partial charge in [0.1, 0.15) is 6.54 Å². The number of nitrogens with zero attached hydrogens (tertiary/aromatic N) is 1. The van der Waals surface area contributed by atoms with Crippen molar-refractivity contribution in [2.24, 2.45) is 0 Å². The Morgan fingerprint density at radius 3 is 2.56 bits per heavy atom. The van der Waals surface area contributed by atoms with E-state index in [1.165, 1.54) is 7.11 Å². The lowest BCUT2D eigenvalue weighted by molar-refractivity contribution is -0.122. The number of carbonyl (C=O) groups excluding carboxylic acids is 2. The lowest BCUT2D eigenvalue weighted by Gasteiger charge is -2.15. The summed E-state index contributed by atoms with van der Waals surface area (Å²) in [6.07, 6.45) is 2.42. The molecule has 0 unspecified atom stereocenters. The third-order valence-corrected chi connectivity index (χ3v) is 4.90. The Balaban J connectivity index is 1.70. The summed E-state index contributed by atoms with van der Waals surface area (Å²) in [4.78, 5) is 24.5. The lowest BCUT2D eigenvalue weighted by Crippen LogP contribution is -2.36. The number of benzene rings is 2. The van der Waals surface area contributed by atoms with Gasteiger partial charge in [0.2, 0.25) is 5.91 Å². The standard InChI is InChI=1S/C21H21BrN2O3/c1-14(11-15-7-9-16(22)10-8-15)23-20(25)13-24-12-18(21(26)27-2)17-5-3-4-6-19(17)24/h3-10,12,14H,11,13H2,1-2H3,(H,23,25)/t14-/m0/s1. The van der Waals surface area contributed by atoms with Gasteiger partial charge in [-0.15, -0.1) is 0 Å². The molecule has 0 spiro atoms. The first-order valence-electron chi connectivity index (χ1n) is 8.68. The normalized spacial score (nSPS) is 12.0. The predicted molar refractivity (Wildman–Crippen MR) is 109 cm³/mol. The Morgan fingerprint density at radius 1 is 1.15 bits per heavy atom. The summed E-state index contributed by atoms with van der Waals surface area (Å²) in [5.74, 6) is -0.509. The number of hydrogen-bond donors (Lipinski definition) is 1. The smallest absolute Gasteiger partial charge is 0.340 e. The number of carbonyl (C=O) groups is 2. The molecule has 2 aromatic carbocycles. The molecule has 1 N–H and O–H groups in total. The molecule has 6 heteroatoms. The Kier molecular flexibility index (Phi) is 5.96. The Morgan fingerprint density at radius 2 is 1.85 bits per heavy atom. The summed E-state index contributed by atoms with van der Waals surface area (Å²) in [5.41, 5.74) is 2.45. The number of rotatable bonds is 6. The molecule has 0 aliphatic carbocycles. The average Bonchev–Trinajstić information content (AvgIpc) is 3.01. The van der Waals surface area contributed by atoms with E-state index < -0.39 is 5.97 Å². The zero-order chi connectivity index (χ0) is 19.4. The minimum atomic E-state index is -0.408. The van der Waals surface area contributed by atoms with E-state index in [2.05, 4.69) is 21.2 Å². The van der Waals surface area contributed by atoms with Crippen LogP contribution in [0.4, 0.5) is 0 Å². The topological polar surface area (TPSA) is 60.3 Å². The van der Waals surface area contributed by atoms with E-state index in [4.69, 9.17) is 4.74 Å². The number of ether oxygens (including phenoxy) is 1. The van der Waals surface area contributed by atoms with Crippen LogP contribution in [-0.4, -0.2) is 29.6 Å². The second-order valence-electron chi connectivity index (χ2n) is 6.48. The van der Waals surface area contributed by atoms with Crippen LogP contribution in [0.5, 0.6) is 0 Å². The van der Waals surface area contributed by atoms with Crippen molar-refractivity contribution in [1.29, 1.82) is 0 Å². The molecule has 27 heavy (non-hydrogen) atoms. The number of fused-ring (bicyclic) bond motifs is 1. The zero-order valence-electron chi connectivity index (χ0n) is 15.2. The molecule has 5 nitrogen and oxygen atoms in total. The molecule has 0 fully saturated rings. The highest BCUT2D eigenvalue weighted by Crippen LogP contribution is 2.22. The van der Waals surface area contributed by atoms with Crippen LogP contribution in [0.25, 0.3) is 10.9 Å². The fourth-order valence-corrected chi connectivity index (χ4v) is 3.41. The van der Waals surface area contributed by atoms with Crippen molar-refractivity contribution in [3.63, 3.8) is 0 Å². The van der Waals surface area contributed by atoms with Crippen molar-refractivity contribution < 1.29 is 14.3 Å². The highest BCUT2D eigenvalue weighted by Gasteiger charge is 2.17. The molecule has 1 heterocycles. The molecule has 0 saturated heterocycles. The monoisotopic (exact) mass is 428 g/mol. The summed E-state index contributed by atoms with van der Waals surface area (Å²) in [7, 11) is 1.35. The molecule has 1 aromatic heterocycles. The van der Waals surface area contributed by atoms with Crippen LogP contribution in [0.2, 0.25) is 0 Å². The number of aromatic nitrogens is 1. The first-order valence-corrected chi connectivity index (χ1v) is 9.47. The van der Waals surface area contributed by atoms with Crippen LogP contribution < -0.4 is 5.32 Å². The Hall–Kier alpha value is -2.60. The summed E-state index contributed by atoms with van der Waals surface area (Å²) < 4.78 is 7.66. The van der Waals surface area contributed by atoms with Gasteiger partial charge < -0.3 is 14.6 Å². The van der Waals surface area contributed by atoms with Crippen molar-refractivity contribution >= 4 is 38.7 Å². The number of amides is 1. The maximum Gasteiger partial charge on any atom is 0.340 e. The van der Waals surface area contributed by atoms with Crippen molar-refractivity contribution in [2.75, 3.05) is 7.11 Å². The minimum Gasteiger partial charge on any atom is -0.465 e. The predicted octanol–water partition coefficient (Wildman–Crippen LogP) is 3.94. The Labute approximate surface area is 166 Å². The summed E-state index contributed by atoms with van der Waals surface area (Å²) >= 11 is 3.42. The minimum absolute atomic E-state index is 0.000537. The van der Waals surface area contributed by atoms with E-state index in [0.717, 1.165) is 27.4 Å². The highest BCUT2D eigenvalue weighted by molar-refractivity contribution is 9.10. The summed E-state index contributed by atoms with van der Waals surface area (Å²) in [6, 6.07) is 15.5. The van der Waals surface area contributed by atoms with Gasteiger partial charge in [0.15, 0.2) is 0 Å². The van der Waals surface area contributed by atoms with Gasteiger partial charge in [-0.25, -0.2) is 4.79 Å². The number of nitrogens with one attached hydrogen (secondary N) is 1. The van der Waals surface area contributed by atoms with Crippen LogP contribution in [0.15, 0.2) is 59.2 Å². The Bertz CT molecular complexity index is 963. The van der Waals surface area contributed by atoms with Gasteiger partial charge in [-0.1, -0.05) is 46.3 Å². The molecule has 1 atom stereocenters. The van der Waals surface area contributed by atoms with Crippen LogP contribution >= 0.6 is 15.9 Å². The van der Waals surface area contributed by atoms with Gasteiger partial charge in [-0.05, 0) is 37.1 Å². The number of para-hydroxylation sites is 1. The third kappa shape index (κ3) is 4.57. The van der Waals surface area contributed by atoms with E-state index in [0.29, 0.717) is 5.56 Å². The molecular formula is C21H21BrN2O3. The van der Waals surface area contributed by atoms with Gasteiger partial charge in [-0.2, -0.15) is 0 Å². The van der Waals surface area contributed by atoms with Crippen molar-refractivity contribution in [3.05, 3.63) is 70.3 Å². The highest BCUT2D eigenvalue weighted by atomic mass is 79.9. The van der Waals surface area contributed by atoms with Crippen LogP contribution in [0.3, 0.4) is 0 Å². The summed E-state index contributed by atoms with van der Waals surface area (Å²) in [6.45, 7) is 2.12. The van der Waals surface area contributed by atoms with Crippen molar-refractivity contribution in [1.82, 2.24) is 9.88 Å². The van der Waals surface area contributed by atoms with Crippen LogP contribution in [0.1, 0.15) is 22.8 Å². The molecule has 0 bridgehead atoms. The molecule has 0 aliphatic rings. The summed E-state index contributed by atoms with van der Waals surface area (Å²) in [5, 5.41) is 3.80. The molecule has 3 rings (SSSR count). The largest absolute Gasteiger partial charge is 0.465 e. The SMILES string of the molecule is COC(=O)c1cn(CC(=O)N[C@@H](C)Cc2ccc(Br)cc2)c2ccccc12. The fraction of sp³-hybridized carbons (Fsp3) is 0.238. The first kappa shape index (κ1) is 19.2.